The van der Waals surface area contributed by atoms with E-state index in [-0.39, 0.29) is 23.8 Å². The molecule has 2 aromatic rings. The highest BCUT2D eigenvalue weighted by atomic mass is 16.5. The van der Waals surface area contributed by atoms with Crippen LogP contribution in [0.15, 0.2) is 27.3 Å². The lowest BCUT2D eigenvalue weighted by Crippen LogP contribution is -2.35. The van der Waals surface area contributed by atoms with Crippen LogP contribution in [0.4, 0.5) is 0 Å². The molecule has 0 bridgehead atoms. The molecule has 6 heteroatoms. The van der Waals surface area contributed by atoms with Gasteiger partial charge >= 0.3 is 0 Å². The van der Waals surface area contributed by atoms with Gasteiger partial charge in [-0.1, -0.05) is 39.3 Å². The van der Waals surface area contributed by atoms with Crippen LogP contribution in [0.2, 0.25) is 0 Å². The molecule has 0 spiro atoms. The first-order valence-electron chi connectivity index (χ1n) is 7.20. The number of furan rings is 1. The van der Waals surface area contributed by atoms with Crippen LogP contribution < -0.4 is 5.32 Å². The lowest BCUT2D eigenvalue weighted by molar-refractivity contribution is -0.125. The van der Waals surface area contributed by atoms with E-state index in [4.69, 9.17) is 8.94 Å². The van der Waals surface area contributed by atoms with E-state index in [9.17, 15) is 4.79 Å². The van der Waals surface area contributed by atoms with E-state index in [0.29, 0.717) is 17.5 Å². The van der Waals surface area contributed by atoms with Gasteiger partial charge in [-0.15, -0.1) is 0 Å². The third-order valence-corrected chi connectivity index (χ3v) is 3.48. The Morgan fingerprint density at radius 1 is 1.38 bits per heavy atom. The van der Waals surface area contributed by atoms with Crippen LogP contribution in [0.25, 0.3) is 11.6 Å². The Labute approximate surface area is 123 Å². The van der Waals surface area contributed by atoms with Gasteiger partial charge < -0.3 is 14.3 Å². The Hall–Kier alpha value is -2.11. The highest BCUT2D eigenvalue weighted by Crippen LogP contribution is 2.26. The molecule has 0 aliphatic rings. The first kappa shape index (κ1) is 15.3. The quantitative estimate of drug-likeness (QED) is 0.884. The number of carbonyl (C=O) groups is 1. The topological polar surface area (TPSA) is 81.2 Å². The lowest BCUT2D eigenvalue weighted by atomic mass is 9.98. The average molecular weight is 291 g/mol. The van der Waals surface area contributed by atoms with Gasteiger partial charge in [-0.2, -0.15) is 4.98 Å². The maximum atomic E-state index is 12.0. The summed E-state index contributed by atoms with van der Waals surface area (Å²) in [6, 6.07) is 3.23. The molecular weight excluding hydrogens is 270 g/mol. The van der Waals surface area contributed by atoms with Crippen LogP contribution in [0.3, 0.4) is 0 Å². The first-order chi connectivity index (χ1) is 10.0. The zero-order valence-electron chi connectivity index (χ0n) is 12.8. The number of hydrogen-bond donors (Lipinski definition) is 1. The lowest BCUT2D eigenvalue weighted by Gasteiger charge is -2.21. The maximum absolute atomic E-state index is 12.0. The molecule has 1 N–H and O–H groups in total. The Morgan fingerprint density at radius 3 is 2.71 bits per heavy atom. The fourth-order valence-corrected chi connectivity index (χ4v) is 1.87. The monoisotopic (exact) mass is 291 g/mol. The zero-order valence-corrected chi connectivity index (χ0v) is 12.8. The molecule has 2 aromatic heterocycles. The molecule has 0 radical (unpaired) electrons. The van der Waals surface area contributed by atoms with Crippen LogP contribution in [-0.2, 0) is 4.79 Å². The smallest absolute Gasteiger partial charge is 0.249 e. The highest BCUT2D eigenvalue weighted by molar-refractivity contribution is 5.78. The summed E-state index contributed by atoms with van der Waals surface area (Å²) in [5.74, 6) is 1.41. The van der Waals surface area contributed by atoms with Crippen molar-refractivity contribution in [2.45, 2.75) is 40.2 Å². The van der Waals surface area contributed by atoms with Gasteiger partial charge in [0.05, 0.1) is 6.26 Å². The molecule has 0 aliphatic heterocycles. The molecular formula is C15H21N3O3. The van der Waals surface area contributed by atoms with E-state index in [1.807, 2.05) is 20.8 Å². The molecule has 114 valence electrons. The van der Waals surface area contributed by atoms with Crippen molar-refractivity contribution in [3.63, 3.8) is 0 Å². The molecule has 0 aliphatic carbocycles. The predicted molar refractivity (Wildman–Crippen MR) is 77.2 cm³/mol. The zero-order chi connectivity index (χ0) is 15.4. The molecule has 0 aromatic carbocycles. The van der Waals surface area contributed by atoms with E-state index in [1.165, 1.54) is 0 Å². The van der Waals surface area contributed by atoms with Crippen molar-refractivity contribution >= 4 is 5.91 Å². The molecule has 0 saturated carbocycles. The van der Waals surface area contributed by atoms with Gasteiger partial charge in [0.2, 0.25) is 17.6 Å². The van der Waals surface area contributed by atoms with E-state index >= 15 is 0 Å². The van der Waals surface area contributed by atoms with Crippen molar-refractivity contribution in [3.05, 3.63) is 24.3 Å². The fraction of sp³-hybridized carbons (Fsp3) is 0.533. The Bertz CT molecular complexity index is 575. The van der Waals surface area contributed by atoms with E-state index in [0.717, 1.165) is 6.42 Å². The van der Waals surface area contributed by atoms with Gasteiger partial charge in [-0.3, -0.25) is 4.79 Å². The van der Waals surface area contributed by atoms with Gasteiger partial charge in [0.15, 0.2) is 5.76 Å². The van der Waals surface area contributed by atoms with Crippen LogP contribution in [0, 0.1) is 11.8 Å². The number of nitrogens with one attached hydrogen (secondary N) is 1. The van der Waals surface area contributed by atoms with Gasteiger partial charge in [-0.05, 0) is 18.1 Å². The first-order valence-corrected chi connectivity index (χ1v) is 7.20. The van der Waals surface area contributed by atoms with Crippen LogP contribution >= 0.6 is 0 Å². The second-order valence-electron chi connectivity index (χ2n) is 5.46. The molecule has 2 heterocycles. The number of aromatic nitrogens is 2. The molecule has 0 saturated heterocycles. The van der Waals surface area contributed by atoms with Crippen LogP contribution in [-0.4, -0.2) is 16.0 Å². The Morgan fingerprint density at radius 2 is 2.14 bits per heavy atom. The summed E-state index contributed by atoms with van der Waals surface area (Å²) in [5.41, 5.74) is 0. The van der Waals surface area contributed by atoms with Crippen molar-refractivity contribution in [1.82, 2.24) is 15.5 Å². The largest absolute Gasteiger partial charge is 0.461 e. The summed E-state index contributed by atoms with van der Waals surface area (Å²) >= 11 is 0. The Kier molecular flexibility index (Phi) is 4.77. The number of amides is 1. The molecule has 2 atom stereocenters. The van der Waals surface area contributed by atoms with Crippen molar-refractivity contribution in [2.24, 2.45) is 11.8 Å². The summed E-state index contributed by atoms with van der Waals surface area (Å²) in [7, 11) is 0. The average Bonchev–Trinajstić information content (AvgIpc) is 3.13. The molecule has 2 rings (SSSR count). The van der Waals surface area contributed by atoms with Crippen LogP contribution in [0.5, 0.6) is 0 Å². The summed E-state index contributed by atoms with van der Waals surface area (Å²) in [5, 5.41) is 6.89. The SMILES string of the molecule is CCC(C)C(NC(=O)C(C)C)c1nc(-c2ccco2)no1. The maximum Gasteiger partial charge on any atom is 0.249 e. The van der Waals surface area contributed by atoms with Gasteiger partial charge in [0.1, 0.15) is 6.04 Å². The highest BCUT2D eigenvalue weighted by Gasteiger charge is 2.27. The molecule has 2 unspecified atom stereocenters. The summed E-state index contributed by atoms with van der Waals surface area (Å²) < 4.78 is 10.6. The Balaban J connectivity index is 2.23. The minimum absolute atomic E-state index is 0.0296. The number of nitrogens with zero attached hydrogens (tertiary/aromatic N) is 2. The normalized spacial score (nSPS) is 14.1. The summed E-state index contributed by atoms with van der Waals surface area (Å²) in [4.78, 5) is 16.3. The number of rotatable bonds is 6. The minimum Gasteiger partial charge on any atom is -0.461 e. The number of hydrogen-bond acceptors (Lipinski definition) is 5. The van der Waals surface area contributed by atoms with Crippen molar-refractivity contribution < 1.29 is 13.7 Å². The van der Waals surface area contributed by atoms with E-state index in [1.54, 1.807) is 18.4 Å². The van der Waals surface area contributed by atoms with Gasteiger partial charge in [0.25, 0.3) is 0 Å². The third kappa shape index (κ3) is 3.51. The van der Waals surface area contributed by atoms with Gasteiger partial charge in [0, 0.05) is 5.92 Å². The standard InChI is InChI=1S/C15H21N3O3/c1-5-10(4)12(16-14(19)9(2)3)15-17-13(18-21-15)11-7-6-8-20-11/h6-10,12H,5H2,1-4H3,(H,16,19). The minimum atomic E-state index is -0.291. The van der Waals surface area contributed by atoms with E-state index in [2.05, 4.69) is 22.4 Å². The molecule has 0 fully saturated rings. The van der Waals surface area contributed by atoms with E-state index < -0.39 is 0 Å². The van der Waals surface area contributed by atoms with Gasteiger partial charge in [-0.25, -0.2) is 0 Å². The molecule has 21 heavy (non-hydrogen) atoms. The molecule has 1 amide bonds. The second-order valence-corrected chi connectivity index (χ2v) is 5.46. The van der Waals surface area contributed by atoms with Crippen molar-refractivity contribution in [1.29, 1.82) is 0 Å². The number of carbonyl (C=O) groups excluding carboxylic acids is 1. The fourth-order valence-electron chi connectivity index (χ4n) is 1.87. The third-order valence-electron chi connectivity index (χ3n) is 3.48. The second kappa shape index (κ2) is 6.56. The van der Waals surface area contributed by atoms with Crippen LogP contribution in [0.1, 0.15) is 46.0 Å². The van der Waals surface area contributed by atoms with Crippen molar-refractivity contribution in [3.8, 4) is 11.6 Å². The summed E-state index contributed by atoms with van der Waals surface area (Å²) in [6.45, 7) is 7.81. The molecule has 6 nitrogen and oxygen atoms in total. The van der Waals surface area contributed by atoms with Crippen molar-refractivity contribution in [2.75, 3.05) is 0 Å². The summed E-state index contributed by atoms with van der Waals surface area (Å²) in [6.07, 6.45) is 2.44. The predicted octanol–water partition coefficient (Wildman–Crippen LogP) is 3.19.